The van der Waals surface area contributed by atoms with Crippen LogP contribution in [0.25, 0.3) is 0 Å². The third kappa shape index (κ3) is 9.98. The molecule has 0 bridgehead atoms. The van der Waals surface area contributed by atoms with Gasteiger partial charge >= 0.3 is 30.5 Å². The Hall–Kier alpha value is -4.22. The summed E-state index contributed by atoms with van der Waals surface area (Å²) < 4.78 is 166. The lowest BCUT2D eigenvalue weighted by molar-refractivity contribution is -0.280. The van der Waals surface area contributed by atoms with Crippen molar-refractivity contribution in [3.05, 3.63) is 29.2 Å². The van der Waals surface area contributed by atoms with Crippen LogP contribution < -0.4 is 14.4 Å². The second-order valence-electron chi connectivity index (χ2n) is 10.6. The molecule has 2 aliphatic heterocycles. The van der Waals surface area contributed by atoms with Crippen molar-refractivity contribution in [3.63, 3.8) is 0 Å². The van der Waals surface area contributed by atoms with Gasteiger partial charge in [-0.05, 0) is 37.2 Å². The van der Waals surface area contributed by atoms with Crippen molar-refractivity contribution < 1.29 is 80.6 Å². The van der Waals surface area contributed by atoms with Crippen molar-refractivity contribution in [1.82, 2.24) is 14.5 Å². The predicted molar refractivity (Wildman–Crippen MR) is 157 cm³/mol. The minimum atomic E-state index is -5.50. The minimum Gasteiger partial charge on any atom is -0.491 e. The fourth-order valence-electron chi connectivity index (χ4n) is 4.90. The van der Waals surface area contributed by atoms with Gasteiger partial charge in [-0.3, -0.25) is 19.1 Å². The number of amides is 2. The molecule has 2 amide bonds. The highest BCUT2D eigenvalue weighted by Gasteiger charge is 2.48. The van der Waals surface area contributed by atoms with Crippen molar-refractivity contribution in [1.29, 1.82) is 1.43 Å². The number of halogens is 9. The molecule has 0 spiro atoms. The van der Waals surface area contributed by atoms with E-state index in [1.54, 1.807) is 0 Å². The summed E-state index contributed by atoms with van der Waals surface area (Å²) in [5.74, 6) is -6.61. The molecule has 1 N–H and O–H groups in total. The summed E-state index contributed by atoms with van der Waals surface area (Å²) in [6, 6.07) is 3.59. The van der Waals surface area contributed by atoms with E-state index in [1.807, 2.05) is 0 Å². The summed E-state index contributed by atoms with van der Waals surface area (Å²) in [5.41, 5.74) is -0.591. The number of aliphatic imine (C=N–C) groups is 1. The number of para-hydroxylation sites is 1. The van der Waals surface area contributed by atoms with Crippen molar-refractivity contribution in [2.75, 3.05) is 44.8 Å². The number of methoxy groups -OCH3 is 1. The Morgan fingerprint density at radius 1 is 1.20 bits per heavy atom. The van der Waals surface area contributed by atoms with Gasteiger partial charge < -0.3 is 33.7 Å². The van der Waals surface area contributed by atoms with Crippen LogP contribution in [0.5, 0.6) is 17.2 Å². The van der Waals surface area contributed by atoms with Gasteiger partial charge in [-0.25, -0.2) is 4.90 Å². The fourth-order valence-corrected chi connectivity index (χ4v) is 5.16. The van der Waals surface area contributed by atoms with Crippen LogP contribution >= 0.6 is 12.2 Å². The maximum Gasteiger partial charge on any atom is 0.573 e. The summed E-state index contributed by atoms with van der Waals surface area (Å²) in [6.07, 6.45) is -18.3. The third-order valence-electron chi connectivity index (χ3n) is 7.05. The number of fused-ring (bicyclic) bond motifs is 2. The number of benzene rings is 1. The van der Waals surface area contributed by atoms with Crippen LogP contribution in [0.3, 0.4) is 0 Å². The Labute approximate surface area is 291 Å². The van der Waals surface area contributed by atoms with E-state index in [4.69, 9.17) is 35.3 Å². The molecule has 4 rings (SSSR count). The standard InChI is InChI=1S/C28H28F9N5O8S/c1-46-13-19-15(43)11-20(50-19)41-12-18-22(39-25(41)51)42(24(45)27(32,33)34)21-16(5-2-6-17(21)49-18)47-10-4-9-40(23(44)26(29,30)31)8-3-7-38-14-48-28(35,36)37/h2,5-6,12,14-15,19-20,43H,3-4,7-11,13H2,1H3/t15?,19-,20-/m1/s1/i1TD,43T/t1?,15?,19-,20-. The number of alkyl halides is 9. The van der Waals surface area contributed by atoms with E-state index >= 15 is 0 Å². The average Bonchev–Trinajstić information content (AvgIpc) is 3.49. The predicted octanol–water partition coefficient (Wildman–Crippen LogP) is 5.35. The van der Waals surface area contributed by atoms with Gasteiger partial charge in [0, 0.05) is 33.1 Å². The number of rotatable bonds is 14. The zero-order valence-electron chi connectivity index (χ0n) is 28.7. The largest absolute Gasteiger partial charge is 0.573 e. The summed E-state index contributed by atoms with van der Waals surface area (Å²) in [6.45, 7) is -2.48. The normalized spacial score (nSPS) is 20.5. The van der Waals surface area contributed by atoms with E-state index in [1.165, 1.54) is 12.1 Å². The second kappa shape index (κ2) is 16.0. The number of nitrogens with zero attached hydrogens (tertiary/aromatic N) is 5. The lowest BCUT2D eigenvalue weighted by Gasteiger charge is -2.32. The molecular weight excluding hydrogens is 737 g/mol. The molecule has 23 heteroatoms. The molecule has 0 saturated carbocycles. The Morgan fingerprint density at radius 2 is 1.94 bits per heavy atom. The van der Waals surface area contributed by atoms with Crippen molar-refractivity contribution in [2.45, 2.75) is 56.4 Å². The lowest BCUT2D eigenvalue weighted by Crippen LogP contribution is -2.42. The lowest BCUT2D eigenvalue weighted by atomic mass is 10.2. The Kier molecular flexibility index (Phi) is 11.0. The first-order valence-electron chi connectivity index (χ1n) is 16.1. The maximum absolute atomic E-state index is 14.0. The summed E-state index contributed by atoms with van der Waals surface area (Å²) >= 11 is 5.30. The number of hydrogen-bond donors (Lipinski definition) is 1. The van der Waals surface area contributed by atoms with Crippen molar-refractivity contribution in [2.24, 2.45) is 4.99 Å². The topological polar surface area (TPSA) is 137 Å². The smallest absolute Gasteiger partial charge is 0.491 e. The number of carbonyl (C=O) groups is 2. The summed E-state index contributed by atoms with van der Waals surface area (Å²) in [5, 5.41) is 4.65. The number of ether oxygens (including phenoxy) is 5. The van der Waals surface area contributed by atoms with Gasteiger partial charge in [0.25, 0.3) is 0 Å². The SMILES string of the molecule is [2H]C([3H])OC[C@H]1O[C@@H](n2cc3c(nc2=S)N(C(=O)C(F)(F)F)c2c(OCCCN(CCCN=COC(F)(F)F)C(=O)C(F)(F)F)cccc2O3)CC1O[3H]. The number of carbonyl (C=O) groups excluding carboxylic acids is 2. The zero-order chi connectivity index (χ0) is 40.0. The first-order valence-corrected chi connectivity index (χ1v) is 14.9. The fraction of sp³-hybridized carbons (Fsp3) is 0.536. The van der Waals surface area contributed by atoms with Crippen molar-refractivity contribution in [3.8, 4) is 17.2 Å². The molecule has 0 radical (unpaired) electrons. The van der Waals surface area contributed by atoms with Gasteiger partial charge in [-0.1, -0.05) is 6.07 Å². The van der Waals surface area contributed by atoms with Gasteiger partial charge in [0.1, 0.15) is 23.8 Å². The highest BCUT2D eigenvalue weighted by atomic mass is 32.1. The molecule has 2 unspecified atom stereocenters. The molecule has 2 aliphatic rings. The van der Waals surface area contributed by atoms with E-state index in [0.29, 0.717) is 4.90 Å². The molecule has 13 nitrogen and oxygen atoms in total. The third-order valence-corrected chi connectivity index (χ3v) is 7.35. The highest BCUT2D eigenvalue weighted by molar-refractivity contribution is 7.71. The van der Waals surface area contributed by atoms with Crippen LogP contribution in [0.1, 0.15) is 28.2 Å². The van der Waals surface area contributed by atoms with E-state index in [-0.39, 0.29) is 42.9 Å². The maximum atomic E-state index is 14.0. The number of aromatic nitrogens is 2. The minimum absolute atomic E-state index is 0.0520. The Bertz CT molecular complexity index is 1740. The van der Waals surface area contributed by atoms with E-state index in [9.17, 15) is 49.1 Å². The van der Waals surface area contributed by atoms with E-state index < -0.39 is 110 Å². The molecule has 4 atom stereocenters. The first kappa shape index (κ1) is 35.2. The average molecular weight is 771 g/mol. The van der Waals surface area contributed by atoms with Crippen LogP contribution in [0, 0.1) is 4.77 Å². The number of anilines is 2. The van der Waals surface area contributed by atoms with Crippen LogP contribution in [0.4, 0.5) is 51.0 Å². The molecule has 2 aromatic rings. The number of hydrogen-bond acceptors (Lipinski definition) is 11. The quantitative estimate of drug-likeness (QED) is 0.0880. The molecule has 1 saturated heterocycles. The first-order chi connectivity index (χ1) is 25.2. The van der Waals surface area contributed by atoms with Crippen LogP contribution in [-0.4, -0.2) is 110 Å². The molecule has 282 valence electrons. The molecule has 1 aromatic heterocycles. The molecular formula is C28H28F9N5O8S. The molecule has 0 aliphatic carbocycles. The number of aliphatic hydroxyl groups is 1. The molecule has 51 heavy (non-hydrogen) atoms. The molecule has 1 aromatic carbocycles. The number of aliphatic hydroxyl groups excluding tert-OH is 1. The monoisotopic (exact) mass is 770 g/mol. The zero-order valence-corrected chi connectivity index (χ0v) is 26.5. The van der Waals surface area contributed by atoms with Crippen molar-refractivity contribution >= 4 is 41.9 Å². The Morgan fingerprint density at radius 3 is 2.61 bits per heavy atom. The van der Waals surface area contributed by atoms with Gasteiger partial charge in [0.05, 0.1) is 28.3 Å². The second-order valence-corrected chi connectivity index (χ2v) is 11.0. The van der Waals surface area contributed by atoms with Gasteiger partial charge in [0.2, 0.25) is 6.20 Å². The Balaban J connectivity index is 1.54. The van der Waals surface area contributed by atoms with Crippen LogP contribution in [0.15, 0.2) is 29.4 Å². The van der Waals surface area contributed by atoms with Gasteiger partial charge in [-0.15, -0.1) is 13.2 Å². The van der Waals surface area contributed by atoms with Gasteiger partial charge in [0.15, 0.2) is 23.7 Å². The summed E-state index contributed by atoms with van der Waals surface area (Å²) in [7, 11) is -1.67. The molecule has 3 heterocycles. The molecule has 1 fully saturated rings. The van der Waals surface area contributed by atoms with Crippen LogP contribution in [0.2, 0.25) is 0 Å². The van der Waals surface area contributed by atoms with Crippen LogP contribution in [-0.2, 0) is 23.8 Å². The highest BCUT2D eigenvalue weighted by Crippen LogP contribution is 2.51. The van der Waals surface area contributed by atoms with E-state index in [2.05, 4.69) is 19.8 Å². The van der Waals surface area contributed by atoms with Gasteiger partial charge in [-0.2, -0.15) is 31.3 Å². The van der Waals surface area contributed by atoms with E-state index in [0.717, 1.165) is 16.8 Å². The summed E-state index contributed by atoms with van der Waals surface area (Å²) in [4.78, 5) is 32.6.